The summed E-state index contributed by atoms with van der Waals surface area (Å²) in [5.74, 6) is -0.129. The predicted molar refractivity (Wildman–Crippen MR) is 47.9 cm³/mol. The molecule has 0 spiro atoms. The first kappa shape index (κ1) is 9.56. The van der Waals surface area contributed by atoms with Crippen LogP contribution in [0, 0.1) is 16.7 Å². The highest BCUT2D eigenvalue weighted by Crippen LogP contribution is 2.55. The van der Waals surface area contributed by atoms with Crippen LogP contribution in [0.25, 0.3) is 0 Å². The molecule has 1 aliphatic carbocycles. The van der Waals surface area contributed by atoms with Crippen LogP contribution in [0.3, 0.4) is 0 Å². The van der Waals surface area contributed by atoms with Gasteiger partial charge in [0.1, 0.15) is 0 Å². The highest BCUT2D eigenvalue weighted by molar-refractivity contribution is 5.75. The van der Waals surface area contributed by atoms with Gasteiger partial charge in [0.2, 0.25) is 0 Å². The summed E-state index contributed by atoms with van der Waals surface area (Å²) in [6.07, 6.45) is 1.85. The molecule has 0 bridgehead atoms. The van der Waals surface area contributed by atoms with E-state index in [1.165, 1.54) is 0 Å². The fourth-order valence-corrected chi connectivity index (χ4v) is 2.11. The minimum atomic E-state index is -0.642. The summed E-state index contributed by atoms with van der Waals surface area (Å²) in [6.45, 7) is 8.16. The normalized spacial score (nSPS) is 39.8. The number of carboxylic acid groups (broad SMARTS) is 1. The van der Waals surface area contributed by atoms with E-state index in [0.29, 0.717) is 5.92 Å². The molecule has 0 aromatic heterocycles. The molecule has 2 nitrogen and oxygen atoms in total. The van der Waals surface area contributed by atoms with Crippen molar-refractivity contribution in [3.05, 3.63) is 0 Å². The summed E-state index contributed by atoms with van der Waals surface area (Å²) in [7, 11) is 0. The number of hydrogen-bond acceptors (Lipinski definition) is 1. The van der Waals surface area contributed by atoms with Crippen molar-refractivity contribution < 1.29 is 9.90 Å². The average molecular weight is 170 g/mol. The zero-order valence-electron chi connectivity index (χ0n) is 8.35. The summed E-state index contributed by atoms with van der Waals surface area (Å²) < 4.78 is 0. The lowest BCUT2D eigenvalue weighted by molar-refractivity contribution is -0.154. The van der Waals surface area contributed by atoms with E-state index in [2.05, 4.69) is 20.8 Å². The molecule has 0 aliphatic heterocycles. The first-order valence-electron chi connectivity index (χ1n) is 4.56. The Morgan fingerprint density at radius 2 is 1.92 bits per heavy atom. The molecule has 2 heteroatoms. The molecule has 1 fully saturated rings. The fourth-order valence-electron chi connectivity index (χ4n) is 2.11. The van der Waals surface area contributed by atoms with Crippen LogP contribution in [0.5, 0.6) is 0 Å². The topological polar surface area (TPSA) is 37.3 Å². The second kappa shape index (κ2) is 2.48. The second-order valence-corrected chi connectivity index (χ2v) is 4.80. The summed E-state index contributed by atoms with van der Waals surface area (Å²) in [5, 5.41) is 9.13. The molecule has 70 valence electrons. The van der Waals surface area contributed by atoms with E-state index in [-0.39, 0.29) is 5.41 Å². The van der Waals surface area contributed by atoms with Gasteiger partial charge in [0.15, 0.2) is 0 Å². The molecule has 0 amide bonds. The highest BCUT2D eigenvalue weighted by Gasteiger charge is 2.54. The molecule has 2 unspecified atom stereocenters. The van der Waals surface area contributed by atoms with E-state index < -0.39 is 11.4 Å². The Balaban J connectivity index is 3.01. The van der Waals surface area contributed by atoms with Crippen LogP contribution in [0.4, 0.5) is 0 Å². The van der Waals surface area contributed by atoms with Gasteiger partial charge in [-0.15, -0.1) is 0 Å². The number of carbonyl (C=O) groups is 1. The molecule has 2 atom stereocenters. The van der Waals surface area contributed by atoms with Crippen molar-refractivity contribution in [1.82, 2.24) is 0 Å². The first-order valence-corrected chi connectivity index (χ1v) is 4.56. The van der Waals surface area contributed by atoms with Gasteiger partial charge in [-0.2, -0.15) is 0 Å². The van der Waals surface area contributed by atoms with Gasteiger partial charge in [-0.25, -0.2) is 0 Å². The standard InChI is InChI=1S/C10H18O2/c1-7-5-6-10(4,8(11)12)9(7,2)3/h7H,5-6H2,1-4H3,(H,11,12). The third kappa shape index (κ3) is 0.970. The van der Waals surface area contributed by atoms with Gasteiger partial charge < -0.3 is 5.11 Å². The average Bonchev–Trinajstić information content (AvgIpc) is 2.15. The zero-order valence-corrected chi connectivity index (χ0v) is 8.35. The molecule has 0 saturated heterocycles. The van der Waals surface area contributed by atoms with E-state index in [4.69, 9.17) is 5.11 Å². The van der Waals surface area contributed by atoms with Gasteiger partial charge in [-0.1, -0.05) is 20.8 Å². The molecule has 1 saturated carbocycles. The van der Waals surface area contributed by atoms with E-state index in [0.717, 1.165) is 12.8 Å². The number of hydrogen-bond donors (Lipinski definition) is 1. The maximum absolute atomic E-state index is 11.1. The lowest BCUT2D eigenvalue weighted by Crippen LogP contribution is -2.39. The van der Waals surface area contributed by atoms with Crippen molar-refractivity contribution in [2.75, 3.05) is 0 Å². The van der Waals surface area contributed by atoms with Crippen molar-refractivity contribution >= 4 is 5.97 Å². The van der Waals surface area contributed by atoms with Crippen molar-refractivity contribution in [1.29, 1.82) is 0 Å². The predicted octanol–water partition coefficient (Wildman–Crippen LogP) is 2.53. The SMILES string of the molecule is CC1CCC(C)(C(=O)O)C1(C)C. The molecular weight excluding hydrogens is 152 g/mol. The van der Waals surface area contributed by atoms with Crippen LogP contribution >= 0.6 is 0 Å². The molecule has 0 heterocycles. The van der Waals surface area contributed by atoms with E-state index in [1.807, 2.05) is 6.92 Å². The lowest BCUT2D eigenvalue weighted by atomic mass is 9.66. The summed E-state index contributed by atoms with van der Waals surface area (Å²) >= 11 is 0. The molecule has 1 N–H and O–H groups in total. The van der Waals surface area contributed by atoms with E-state index in [1.54, 1.807) is 0 Å². The molecular formula is C10H18O2. The quantitative estimate of drug-likeness (QED) is 0.656. The fraction of sp³-hybridized carbons (Fsp3) is 0.900. The van der Waals surface area contributed by atoms with Crippen molar-refractivity contribution in [2.24, 2.45) is 16.7 Å². The summed E-state index contributed by atoms with van der Waals surface area (Å²) in [4.78, 5) is 11.1. The van der Waals surface area contributed by atoms with Crippen molar-refractivity contribution in [3.8, 4) is 0 Å². The maximum Gasteiger partial charge on any atom is 0.309 e. The first-order chi connectivity index (χ1) is 5.32. The Bertz CT molecular complexity index is 208. The van der Waals surface area contributed by atoms with Crippen molar-refractivity contribution in [2.45, 2.75) is 40.5 Å². The molecule has 0 aromatic carbocycles. The number of aliphatic carboxylic acids is 1. The Kier molecular flexibility index (Phi) is 1.97. The number of carboxylic acids is 1. The smallest absolute Gasteiger partial charge is 0.309 e. The third-order valence-corrected chi connectivity index (χ3v) is 4.20. The van der Waals surface area contributed by atoms with Gasteiger partial charge in [0.25, 0.3) is 0 Å². The number of rotatable bonds is 1. The summed E-state index contributed by atoms with van der Waals surface area (Å²) in [5.41, 5.74) is -0.592. The Morgan fingerprint density at radius 3 is 2.08 bits per heavy atom. The molecule has 0 radical (unpaired) electrons. The Hall–Kier alpha value is -0.530. The van der Waals surface area contributed by atoms with Crippen LogP contribution in [-0.2, 0) is 4.79 Å². The van der Waals surface area contributed by atoms with Crippen LogP contribution in [0.2, 0.25) is 0 Å². The Morgan fingerprint density at radius 1 is 1.42 bits per heavy atom. The molecule has 1 aliphatic rings. The zero-order chi connectivity index (χ0) is 9.57. The van der Waals surface area contributed by atoms with Crippen LogP contribution in [0.15, 0.2) is 0 Å². The molecule has 0 aromatic rings. The van der Waals surface area contributed by atoms with Crippen LogP contribution < -0.4 is 0 Å². The van der Waals surface area contributed by atoms with E-state index in [9.17, 15) is 4.79 Å². The largest absolute Gasteiger partial charge is 0.481 e. The maximum atomic E-state index is 11.1. The van der Waals surface area contributed by atoms with E-state index >= 15 is 0 Å². The van der Waals surface area contributed by atoms with Gasteiger partial charge in [0.05, 0.1) is 5.41 Å². The molecule has 12 heavy (non-hydrogen) atoms. The minimum absolute atomic E-state index is 0.0706. The van der Waals surface area contributed by atoms with Crippen LogP contribution in [-0.4, -0.2) is 11.1 Å². The van der Waals surface area contributed by atoms with Gasteiger partial charge >= 0.3 is 5.97 Å². The minimum Gasteiger partial charge on any atom is -0.481 e. The second-order valence-electron chi connectivity index (χ2n) is 4.80. The Labute approximate surface area is 74.0 Å². The van der Waals surface area contributed by atoms with Crippen molar-refractivity contribution in [3.63, 3.8) is 0 Å². The van der Waals surface area contributed by atoms with Gasteiger partial charge in [0, 0.05) is 0 Å². The molecule has 1 rings (SSSR count). The lowest BCUT2D eigenvalue weighted by Gasteiger charge is -2.37. The van der Waals surface area contributed by atoms with Gasteiger partial charge in [-0.3, -0.25) is 4.79 Å². The monoisotopic (exact) mass is 170 g/mol. The highest BCUT2D eigenvalue weighted by atomic mass is 16.4. The summed E-state index contributed by atoms with van der Waals surface area (Å²) in [6, 6.07) is 0. The van der Waals surface area contributed by atoms with Crippen LogP contribution in [0.1, 0.15) is 40.5 Å². The van der Waals surface area contributed by atoms with Gasteiger partial charge in [-0.05, 0) is 31.1 Å². The third-order valence-electron chi connectivity index (χ3n) is 4.20.